The van der Waals surface area contributed by atoms with Gasteiger partial charge in [0, 0.05) is 47.6 Å². The number of amidine groups is 1. The van der Waals surface area contributed by atoms with Crippen LogP contribution in [-0.4, -0.2) is 170 Å². The molecule has 0 atom stereocenters. The molecule has 490 valence electrons. The summed E-state index contributed by atoms with van der Waals surface area (Å²) in [6, 6.07) is 0. The molecule has 9 aromatic rings. The lowest BCUT2D eigenvalue weighted by Crippen LogP contribution is -1.91. The molecule has 0 aliphatic carbocycles. The van der Waals surface area contributed by atoms with Crippen molar-refractivity contribution in [3.63, 3.8) is 0 Å². The van der Waals surface area contributed by atoms with Crippen molar-refractivity contribution in [1.82, 2.24) is 145 Å². The molecule has 33 heteroatoms. The molecular weight excluding hydrogens is 1100 g/mol. The predicted molar refractivity (Wildman–Crippen MR) is 346 cm³/mol. The average molecular weight is 1210 g/mol. The molecule has 0 radical (unpaired) electrons. The zero-order chi connectivity index (χ0) is 68.2. The summed E-state index contributed by atoms with van der Waals surface area (Å²) in [4.78, 5) is 23.2. The Labute approximate surface area is 514 Å². The summed E-state index contributed by atoms with van der Waals surface area (Å²) in [5.74, 6) is 3.18. The van der Waals surface area contributed by atoms with Crippen LogP contribution >= 0.6 is 0 Å². The van der Waals surface area contributed by atoms with Crippen molar-refractivity contribution in [2.75, 3.05) is 13.1 Å². The first kappa shape index (κ1) is 96.0. The number of allylic oxidation sites excluding steroid dienone is 1. The number of hydrogen-bond donors (Lipinski definition) is 2. The molecule has 0 bridgehead atoms. The quantitative estimate of drug-likeness (QED) is 0.143. The molecule has 2 aliphatic rings. The van der Waals surface area contributed by atoms with Crippen molar-refractivity contribution >= 4 is 12.1 Å². The van der Waals surface area contributed by atoms with Crippen molar-refractivity contribution < 1.29 is 0 Å². The van der Waals surface area contributed by atoms with Gasteiger partial charge in [-0.25, -0.2) is 19.9 Å². The molecule has 0 unspecified atom stereocenters. The van der Waals surface area contributed by atoms with Crippen molar-refractivity contribution in [2.45, 2.75) is 166 Å². The molecule has 0 fully saturated rings. The van der Waals surface area contributed by atoms with Crippen LogP contribution in [-0.2, 0) is 49.3 Å². The van der Waals surface area contributed by atoms with Crippen LogP contribution in [0.25, 0.3) is 0 Å². The van der Waals surface area contributed by atoms with Crippen molar-refractivity contribution in [3.05, 3.63) is 110 Å². The van der Waals surface area contributed by atoms with Gasteiger partial charge in [-0.15, -0.1) is 35.7 Å². The summed E-state index contributed by atoms with van der Waals surface area (Å²) in [7, 11) is 12.6. The second kappa shape index (κ2) is 82.3. The van der Waals surface area contributed by atoms with Crippen LogP contribution in [0.15, 0.2) is 107 Å². The molecule has 2 aliphatic heterocycles. The van der Waals surface area contributed by atoms with E-state index in [4.69, 9.17) is 0 Å². The van der Waals surface area contributed by atoms with E-state index in [1.54, 1.807) is 116 Å². The minimum atomic E-state index is 0.711. The lowest BCUT2D eigenvalue weighted by molar-refractivity contribution is 0.628. The number of H-pyrrole nitrogens is 2. The maximum atomic E-state index is 3.93. The number of azo groups is 1. The van der Waals surface area contributed by atoms with Gasteiger partial charge < -0.3 is 4.57 Å². The number of aliphatic imine (C=N–C) groups is 2. The first-order valence-electron chi connectivity index (χ1n) is 28.7. The fraction of sp³-hybridized carbons (Fsp3) is 0.623. The van der Waals surface area contributed by atoms with Crippen LogP contribution in [0, 0.1) is 27.7 Å². The molecule has 0 aromatic carbocycles. The second-order valence-electron chi connectivity index (χ2n) is 12.7. The summed E-state index contributed by atoms with van der Waals surface area (Å²) < 4.78 is 6.69. The molecule has 0 amide bonds. The van der Waals surface area contributed by atoms with E-state index in [0.717, 1.165) is 36.1 Å². The third kappa shape index (κ3) is 79.0. The normalized spacial score (nSPS) is 9.06. The Balaban J connectivity index is -0.000000106. The number of aryl methyl sites for hydroxylation is 11. The van der Waals surface area contributed by atoms with E-state index < -0.39 is 0 Å². The van der Waals surface area contributed by atoms with E-state index in [-0.39, 0.29) is 0 Å². The summed E-state index contributed by atoms with van der Waals surface area (Å²) in [5, 5.41) is 74.4. The highest BCUT2D eigenvalue weighted by atomic mass is 15.6. The van der Waals surface area contributed by atoms with Crippen molar-refractivity contribution in [1.29, 1.82) is 0 Å². The van der Waals surface area contributed by atoms with Crippen molar-refractivity contribution in [2.24, 2.45) is 69.5 Å². The van der Waals surface area contributed by atoms with Crippen LogP contribution in [0.4, 0.5) is 0 Å². The molecule has 0 spiro atoms. The Morgan fingerprint density at radius 2 is 0.953 bits per heavy atom. The summed E-state index contributed by atoms with van der Waals surface area (Å²) in [6.07, 6.45) is 23.2. The molecule has 2 N–H and O–H groups in total. The third-order valence-electron chi connectivity index (χ3n) is 6.34. The molecule has 33 nitrogen and oxygen atoms in total. The maximum Gasteiger partial charge on any atom is 0.171 e. The summed E-state index contributed by atoms with van der Waals surface area (Å²) in [5.41, 5.74) is 1.96. The minimum absolute atomic E-state index is 0.711. The highest BCUT2D eigenvalue weighted by molar-refractivity contribution is 5.92. The van der Waals surface area contributed by atoms with Gasteiger partial charge in [0.1, 0.15) is 56.0 Å². The Morgan fingerprint density at radius 3 is 1.06 bits per heavy atom. The largest absolute Gasteiger partial charge is 0.323 e. The number of nitrogens with one attached hydrogen (secondary N) is 2. The number of aromatic nitrogens is 29. The van der Waals surface area contributed by atoms with Gasteiger partial charge in [0.05, 0.1) is 63.4 Å². The minimum Gasteiger partial charge on any atom is -0.323 e. The summed E-state index contributed by atoms with van der Waals surface area (Å²) >= 11 is 0. The van der Waals surface area contributed by atoms with Gasteiger partial charge in [-0.2, -0.15) is 65.5 Å². The smallest absolute Gasteiger partial charge is 0.171 e. The first-order chi connectivity index (χ1) is 41.6. The van der Waals surface area contributed by atoms with Gasteiger partial charge >= 0.3 is 0 Å². The van der Waals surface area contributed by atoms with Gasteiger partial charge in [0.2, 0.25) is 0 Å². The Kier molecular flexibility index (Phi) is 91.8. The Morgan fingerprint density at radius 1 is 0.477 bits per heavy atom. The zero-order valence-electron chi connectivity index (χ0n) is 58.4. The van der Waals surface area contributed by atoms with Crippen LogP contribution < -0.4 is 0 Å². The van der Waals surface area contributed by atoms with E-state index in [2.05, 4.69) is 132 Å². The SMILES string of the molecule is CC.CC.CC.CC.CC.CC.CC.CC.CC.CC1=CCN=N1.CC1=NCC=N1.Cc1cn[nH]n1.Cc1ncn[nH]1.Cc1nnn(C)n1.Cc1nnn(C)n1.Cn1ccnn1.Cn1cncn1.Cn1cncn1.Cn1cnnc1.Cn1nccn1. The van der Waals surface area contributed by atoms with E-state index in [1.807, 2.05) is 187 Å². The van der Waals surface area contributed by atoms with Gasteiger partial charge in [-0.3, -0.25) is 24.1 Å². The number of rotatable bonds is 0. The number of hydrogen-bond acceptors (Lipinski definition) is 24. The highest BCUT2D eigenvalue weighted by Gasteiger charge is 1.89. The van der Waals surface area contributed by atoms with Gasteiger partial charge in [-0.05, 0) is 58.0 Å². The van der Waals surface area contributed by atoms with Crippen molar-refractivity contribution in [3.8, 4) is 0 Å². The van der Waals surface area contributed by atoms with Crippen LogP contribution in [0.2, 0.25) is 0 Å². The number of nitrogens with zero attached hydrogens (tertiary/aromatic N) is 31. The fourth-order valence-corrected chi connectivity index (χ4v) is 3.37. The molecule has 86 heavy (non-hydrogen) atoms. The van der Waals surface area contributed by atoms with E-state index in [1.165, 1.54) is 33.4 Å². The highest BCUT2D eigenvalue weighted by Crippen LogP contribution is 2.01. The maximum absolute atomic E-state index is 3.93. The third-order valence-corrected chi connectivity index (χ3v) is 6.34. The topological polar surface area (TPSA) is 373 Å². The predicted octanol–water partition coefficient (Wildman–Crippen LogP) is 9.42. The molecular formula is C53H113N33. The molecule has 0 saturated heterocycles. The van der Waals surface area contributed by atoms with Crippen LogP contribution in [0.3, 0.4) is 0 Å². The summed E-state index contributed by atoms with van der Waals surface area (Å²) in [6.45, 7) is 48.7. The standard InChI is InChI=1S/2C4H6N2.2C3H6N4.7C3H5N3.9C2H6/c1-4-5-2-3-6-4;1-4-2-3-5-6-4;2*1-3-4-6-7(2)5-3;1-6-2-4-5-3-6;2*1-6-3-4-2-5-6;1-6-3-2-4-5-6;1-6-4-2-3-5-6;1-3-4-2-5-6-3;1-3-2-4-6-5-3;9*1-2/h2*2H,3H2,1H3;2*1-2H3;5*2-3H,1H3;2*2H,1H3,(H,4,5,6);9*1-2H3. The number of tetrazole rings is 2. The Bertz CT molecular complexity index is 2110. The first-order valence-corrected chi connectivity index (χ1v) is 28.7. The monoisotopic (exact) mass is 1210 g/mol. The lowest BCUT2D eigenvalue weighted by Gasteiger charge is -1.75. The van der Waals surface area contributed by atoms with Crippen LogP contribution in [0.5, 0.6) is 0 Å². The fourth-order valence-electron chi connectivity index (χ4n) is 3.37. The lowest BCUT2D eigenvalue weighted by atomic mass is 10.5. The van der Waals surface area contributed by atoms with E-state index >= 15 is 0 Å². The molecule has 9 aromatic heterocycles. The van der Waals surface area contributed by atoms with Gasteiger partial charge in [0.15, 0.2) is 11.6 Å². The zero-order valence-corrected chi connectivity index (χ0v) is 58.4. The Hall–Kier alpha value is -9.20. The number of aromatic amines is 2. The van der Waals surface area contributed by atoms with E-state index in [0.29, 0.717) is 11.6 Å². The van der Waals surface area contributed by atoms with E-state index in [9.17, 15) is 0 Å². The van der Waals surface area contributed by atoms with Crippen LogP contribution in [0.1, 0.15) is 162 Å². The van der Waals surface area contributed by atoms with Gasteiger partial charge in [-0.1, -0.05) is 130 Å². The molecule has 0 saturated carbocycles. The average Bonchev–Trinajstić information content (AvgIpc) is 4.36. The molecule has 11 rings (SSSR count). The molecule has 11 heterocycles. The van der Waals surface area contributed by atoms with Gasteiger partial charge in [0.25, 0.3) is 0 Å². The second-order valence-corrected chi connectivity index (χ2v) is 12.7.